The molecule has 0 saturated carbocycles. The standard InChI is InChI=1S/C12H13BrN2OS/c1-16-9-5-2-8(3-6-9)4-7-10-11(13)15-12(14)17-10/h2-3,5-6H,4,7H2,1H3,(H2,14,15). The second-order valence-corrected chi connectivity index (χ2v) is 5.48. The van der Waals surface area contributed by atoms with Crippen molar-refractivity contribution >= 4 is 32.4 Å². The fourth-order valence-corrected chi connectivity index (χ4v) is 3.03. The first-order valence-electron chi connectivity index (χ1n) is 5.22. The number of halogens is 1. The van der Waals surface area contributed by atoms with Gasteiger partial charge in [-0.1, -0.05) is 12.1 Å². The van der Waals surface area contributed by atoms with E-state index in [0.29, 0.717) is 5.13 Å². The average molecular weight is 313 g/mol. The summed E-state index contributed by atoms with van der Waals surface area (Å²) in [5.41, 5.74) is 6.93. The molecule has 0 spiro atoms. The van der Waals surface area contributed by atoms with E-state index in [-0.39, 0.29) is 0 Å². The molecular weight excluding hydrogens is 300 g/mol. The first kappa shape index (κ1) is 12.4. The number of benzene rings is 1. The number of nitrogen functional groups attached to an aromatic ring is 1. The van der Waals surface area contributed by atoms with E-state index < -0.39 is 0 Å². The number of ether oxygens (including phenoxy) is 1. The van der Waals surface area contributed by atoms with Gasteiger partial charge in [-0.25, -0.2) is 4.98 Å². The molecule has 0 amide bonds. The third kappa shape index (κ3) is 3.20. The van der Waals surface area contributed by atoms with Crippen molar-refractivity contribution in [2.24, 2.45) is 0 Å². The van der Waals surface area contributed by atoms with Crippen LogP contribution in [0.3, 0.4) is 0 Å². The monoisotopic (exact) mass is 312 g/mol. The van der Waals surface area contributed by atoms with Gasteiger partial charge in [-0.05, 0) is 46.5 Å². The highest BCUT2D eigenvalue weighted by atomic mass is 79.9. The molecule has 1 heterocycles. The Kier molecular flexibility index (Phi) is 4.02. The average Bonchev–Trinajstić information content (AvgIpc) is 2.66. The first-order valence-corrected chi connectivity index (χ1v) is 6.83. The number of aromatic nitrogens is 1. The number of anilines is 1. The van der Waals surface area contributed by atoms with Crippen LogP contribution in [-0.2, 0) is 12.8 Å². The van der Waals surface area contributed by atoms with Crippen molar-refractivity contribution < 1.29 is 4.74 Å². The first-order chi connectivity index (χ1) is 8.19. The fraction of sp³-hybridized carbons (Fsp3) is 0.250. The lowest BCUT2D eigenvalue weighted by Crippen LogP contribution is -1.90. The molecule has 0 aliphatic heterocycles. The minimum atomic E-state index is 0.613. The smallest absolute Gasteiger partial charge is 0.181 e. The summed E-state index contributed by atoms with van der Waals surface area (Å²) >= 11 is 4.95. The van der Waals surface area contributed by atoms with E-state index >= 15 is 0 Å². The molecule has 1 aromatic heterocycles. The molecule has 0 radical (unpaired) electrons. The summed E-state index contributed by atoms with van der Waals surface area (Å²) in [6, 6.07) is 8.12. The maximum atomic E-state index is 5.65. The van der Waals surface area contributed by atoms with Gasteiger partial charge in [-0.2, -0.15) is 0 Å². The predicted molar refractivity (Wildman–Crippen MR) is 74.6 cm³/mol. The highest BCUT2D eigenvalue weighted by Crippen LogP contribution is 2.26. The Morgan fingerprint density at radius 2 is 2.00 bits per heavy atom. The molecule has 2 N–H and O–H groups in total. The van der Waals surface area contributed by atoms with Crippen molar-refractivity contribution in [3.63, 3.8) is 0 Å². The number of aryl methyl sites for hydroxylation is 2. The highest BCUT2D eigenvalue weighted by molar-refractivity contribution is 9.10. The fourth-order valence-electron chi connectivity index (χ4n) is 1.55. The lowest BCUT2D eigenvalue weighted by molar-refractivity contribution is 0.414. The number of rotatable bonds is 4. The Hall–Kier alpha value is -1.07. The molecule has 1 aromatic carbocycles. The zero-order valence-electron chi connectivity index (χ0n) is 9.44. The number of thiazole rings is 1. The van der Waals surface area contributed by atoms with Gasteiger partial charge in [-0.15, -0.1) is 11.3 Å². The maximum Gasteiger partial charge on any atom is 0.181 e. The molecular formula is C12H13BrN2OS. The van der Waals surface area contributed by atoms with E-state index in [2.05, 4.69) is 33.0 Å². The minimum absolute atomic E-state index is 0.613. The minimum Gasteiger partial charge on any atom is -0.497 e. The van der Waals surface area contributed by atoms with Crippen molar-refractivity contribution in [3.05, 3.63) is 39.3 Å². The number of hydrogen-bond acceptors (Lipinski definition) is 4. The van der Waals surface area contributed by atoms with Crippen molar-refractivity contribution in [2.75, 3.05) is 12.8 Å². The highest BCUT2D eigenvalue weighted by Gasteiger charge is 2.06. The number of hydrogen-bond donors (Lipinski definition) is 1. The van der Waals surface area contributed by atoms with Gasteiger partial charge in [0.05, 0.1) is 7.11 Å². The second kappa shape index (κ2) is 5.51. The molecule has 0 aliphatic carbocycles. The van der Waals surface area contributed by atoms with Crippen LogP contribution in [0.15, 0.2) is 28.9 Å². The Balaban J connectivity index is 1.99. The maximum absolute atomic E-state index is 5.65. The van der Waals surface area contributed by atoms with E-state index in [0.717, 1.165) is 23.2 Å². The topological polar surface area (TPSA) is 48.1 Å². The van der Waals surface area contributed by atoms with Gasteiger partial charge in [-0.3, -0.25) is 0 Å². The van der Waals surface area contributed by atoms with Gasteiger partial charge in [0, 0.05) is 4.88 Å². The van der Waals surface area contributed by atoms with E-state index in [1.165, 1.54) is 21.8 Å². The lowest BCUT2D eigenvalue weighted by Gasteiger charge is -2.02. The number of methoxy groups -OCH3 is 1. The summed E-state index contributed by atoms with van der Waals surface area (Å²) in [7, 11) is 1.67. The van der Waals surface area contributed by atoms with Crippen molar-refractivity contribution in [1.29, 1.82) is 0 Å². The van der Waals surface area contributed by atoms with Crippen LogP contribution < -0.4 is 10.5 Å². The van der Waals surface area contributed by atoms with Gasteiger partial charge >= 0.3 is 0 Å². The molecule has 0 fully saturated rings. The largest absolute Gasteiger partial charge is 0.497 e. The second-order valence-electron chi connectivity index (χ2n) is 3.61. The molecule has 5 heteroatoms. The predicted octanol–water partition coefficient (Wildman–Crippen LogP) is 3.28. The Morgan fingerprint density at radius 1 is 1.29 bits per heavy atom. The zero-order chi connectivity index (χ0) is 12.3. The molecule has 2 rings (SSSR count). The third-order valence-corrected chi connectivity index (χ3v) is 4.33. The summed E-state index contributed by atoms with van der Waals surface area (Å²) in [6.45, 7) is 0. The lowest BCUT2D eigenvalue weighted by atomic mass is 10.1. The molecule has 0 bridgehead atoms. The van der Waals surface area contributed by atoms with Crippen LogP contribution in [-0.4, -0.2) is 12.1 Å². The molecule has 0 atom stereocenters. The number of nitrogens with two attached hydrogens (primary N) is 1. The molecule has 0 saturated heterocycles. The van der Waals surface area contributed by atoms with Gasteiger partial charge in [0.15, 0.2) is 5.13 Å². The summed E-state index contributed by atoms with van der Waals surface area (Å²) in [4.78, 5) is 5.34. The Labute approximate surface area is 113 Å². The SMILES string of the molecule is COc1ccc(CCc2sc(N)nc2Br)cc1. The van der Waals surface area contributed by atoms with Crippen LogP contribution in [0.5, 0.6) is 5.75 Å². The molecule has 0 aliphatic rings. The van der Waals surface area contributed by atoms with Crippen LogP contribution in [0.1, 0.15) is 10.4 Å². The van der Waals surface area contributed by atoms with Gasteiger partial charge in [0.1, 0.15) is 10.4 Å². The van der Waals surface area contributed by atoms with Crippen LogP contribution >= 0.6 is 27.3 Å². The Bertz CT molecular complexity index is 496. The van der Waals surface area contributed by atoms with Crippen molar-refractivity contribution in [1.82, 2.24) is 4.98 Å². The summed E-state index contributed by atoms with van der Waals surface area (Å²) in [5.74, 6) is 0.886. The van der Waals surface area contributed by atoms with E-state index in [1.807, 2.05) is 12.1 Å². The van der Waals surface area contributed by atoms with Gasteiger partial charge < -0.3 is 10.5 Å². The van der Waals surface area contributed by atoms with Gasteiger partial charge in [0.2, 0.25) is 0 Å². The van der Waals surface area contributed by atoms with E-state index in [1.54, 1.807) is 7.11 Å². The molecule has 0 unspecified atom stereocenters. The van der Waals surface area contributed by atoms with Crippen LogP contribution in [0, 0.1) is 0 Å². The van der Waals surface area contributed by atoms with Crippen LogP contribution in [0.4, 0.5) is 5.13 Å². The normalized spacial score (nSPS) is 10.5. The van der Waals surface area contributed by atoms with Crippen molar-refractivity contribution in [3.8, 4) is 5.75 Å². The van der Waals surface area contributed by atoms with Gasteiger partial charge in [0.25, 0.3) is 0 Å². The molecule has 90 valence electrons. The Morgan fingerprint density at radius 3 is 2.53 bits per heavy atom. The third-order valence-electron chi connectivity index (χ3n) is 2.47. The van der Waals surface area contributed by atoms with E-state index in [4.69, 9.17) is 10.5 Å². The van der Waals surface area contributed by atoms with Crippen LogP contribution in [0.25, 0.3) is 0 Å². The quantitative estimate of drug-likeness (QED) is 0.942. The summed E-state index contributed by atoms with van der Waals surface area (Å²) in [6.07, 6.45) is 1.92. The molecule has 17 heavy (non-hydrogen) atoms. The summed E-state index contributed by atoms with van der Waals surface area (Å²) < 4.78 is 5.99. The molecule has 3 nitrogen and oxygen atoms in total. The zero-order valence-corrected chi connectivity index (χ0v) is 11.8. The number of nitrogens with zero attached hydrogens (tertiary/aromatic N) is 1. The molecule has 2 aromatic rings. The van der Waals surface area contributed by atoms with Crippen molar-refractivity contribution in [2.45, 2.75) is 12.8 Å². The van der Waals surface area contributed by atoms with Crippen LogP contribution in [0.2, 0.25) is 0 Å². The summed E-state index contributed by atoms with van der Waals surface area (Å²) in [5, 5.41) is 0.613. The van der Waals surface area contributed by atoms with E-state index in [9.17, 15) is 0 Å².